The summed E-state index contributed by atoms with van der Waals surface area (Å²) in [7, 11) is 0. The van der Waals surface area contributed by atoms with Gasteiger partial charge in [0.15, 0.2) is 5.16 Å². The molecular weight excluding hydrogens is 264 g/mol. The van der Waals surface area contributed by atoms with Gasteiger partial charge < -0.3 is 5.32 Å². The van der Waals surface area contributed by atoms with Crippen molar-refractivity contribution in [3.05, 3.63) is 10.5 Å². The first-order valence-corrected chi connectivity index (χ1v) is 7.51. The lowest BCUT2D eigenvalue weighted by Crippen LogP contribution is -2.37. The summed E-state index contributed by atoms with van der Waals surface area (Å²) in [5, 5.41) is 9.83. The minimum atomic E-state index is -0.222. The van der Waals surface area contributed by atoms with Gasteiger partial charge in [0.1, 0.15) is 0 Å². The summed E-state index contributed by atoms with van der Waals surface area (Å²) in [6, 6.07) is 0.144. The number of carbonyl (C=O) groups excluding carboxylic acids is 1. The number of H-pyrrole nitrogens is 1. The molecule has 1 atom stereocenters. The highest BCUT2D eigenvalue weighted by molar-refractivity contribution is 7.99. The third-order valence-electron chi connectivity index (χ3n) is 2.89. The van der Waals surface area contributed by atoms with E-state index in [2.05, 4.69) is 29.4 Å². The van der Waals surface area contributed by atoms with Crippen molar-refractivity contribution in [1.82, 2.24) is 20.1 Å². The first kappa shape index (κ1) is 15.8. The Morgan fingerprint density at radius 1 is 1.47 bits per heavy atom. The van der Waals surface area contributed by atoms with Crippen LogP contribution in [0.4, 0.5) is 0 Å². The topological polar surface area (TPSA) is 79.8 Å². The third-order valence-corrected chi connectivity index (χ3v) is 3.87. The van der Waals surface area contributed by atoms with Gasteiger partial charge in [0.05, 0.1) is 5.75 Å². The third kappa shape index (κ3) is 4.74. The number of rotatable bonds is 7. The highest BCUT2D eigenvalue weighted by Gasteiger charge is 2.13. The van der Waals surface area contributed by atoms with E-state index in [-0.39, 0.29) is 23.4 Å². The number of hydrogen-bond acceptors (Lipinski definition) is 4. The highest BCUT2D eigenvalue weighted by Crippen LogP contribution is 2.13. The molecule has 1 aromatic rings. The van der Waals surface area contributed by atoms with E-state index in [1.54, 1.807) is 4.57 Å². The Kier molecular flexibility index (Phi) is 6.14. The number of thioether (sulfide) groups is 1. The Morgan fingerprint density at radius 2 is 2.16 bits per heavy atom. The smallest absolute Gasteiger partial charge is 0.343 e. The lowest BCUT2D eigenvalue weighted by Gasteiger charge is -2.17. The molecule has 7 heteroatoms. The normalized spacial score (nSPS) is 12.7. The van der Waals surface area contributed by atoms with E-state index in [1.165, 1.54) is 11.8 Å². The van der Waals surface area contributed by atoms with Crippen LogP contribution in [0.25, 0.3) is 0 Å². The zero-order chi connectivity index (χ0) is 14.4. The molecule has 0 aliphatic rings. The minimum absolute atomic E-state index is 0.0373. The average molecular weight is 286 g/mol. The number of amides is 1. The second-order valence-corrected chi connectivity index (χ2v) is 5.79. The Balaban J connectivity index is 2.53. The van der Waals surface area contributed by atoms with E-state index in [4.69, 9.17) is 0 Å². The molecule has 1 unspecified atom stereocenters. The largest absolute Gasteiger partial charge is 0.353 e. The molecule has 1 amide bonds. The van der Waals surface area contributed by atoms with Gasteiger partial charge in [-0.05, 0) is 19.3 Å². The molecule has 0 saturated carbocycles. The average Bonchev–Trinajstić information content (AvgIpc) is 2.69. The minimum Gasteiger partial charge on any atom is -0.353 e. The fraction of sp³-hybridized carbons (Fsp3) is 0.750. The lowest BCUT2D eigenvalue weighted by atomic mass is 10.1. The fourth-order valence-electron chi connectivity index (χ4n) is 1.43. The molecule has 0 radical (unpaired) electrons. The van der Waals surface area contributed by atoms with Gasteiger partial charge in [-0.25, -0.2) is 9.89 Å². The number of carbonyl (C=O) groups is 1. The van der Waals surface area contributed by atoms with Crippen molar-refractivity contribution in [2.24, 2.45) is 5.92 Å². The van der Waals surface area contributed by atoms with Crippen molar-refractivity contribution < 1.29 is 4.79 Å². The molecule has 0 saturated heterocycles. The Hall–Kier alpha value is -1.24. The van der Waals surface area contributed by atoms with Gasteiger partial charge in [0.25, 0.3) is 0 Å². The summed E-state index contributed by atoms with van der Waals surface area (Å²) in [6.07, 6.45) is 0.851. The van der Waals surface area contributed by atoms with E-state index < -0.39 is 0 Å². The maximum atomic E-state index is 11.7. The van der Waals surface area contributed by atoms with Crippen LogP contribution in [0.2, 0.25) is 0 Å². The number of nitrogens with zero attached hydrogens (tertiary/aromatic N) is 2. The Bertz CT molecular complexity index is 467. The SMILES string of the molecule is CCCn1c(SCC(=O)NC(C)C(C)C)n[nH]c1=O. The van der Waals surface area contributed by atoms with Crippen LogP contribution in [0.3, 0.4) is 0 Å². The molecule has 0 spiro atoms. The van der Waals surface area contributed by atoms with Crippen LogP contribution < -0.4 is 11.0 Å². The molecule has 19 heavy (non-hydrogen) atoms. The second-order valence-electron chi connectivity index (χ2n) is 4.85. The first-order chi connectivity index (χ1) is 8.95. The molecule has 0 aliphatic carbocycles. The molecule has 1 heterocycles. The summed E-state index contributed by atoms with van der Waals surface area (Å²) < 4.78 is 1.56. The quantitative estimate of drug-likeness (QED) is 0.739. The van der Waals surface area contributed by atoms with Crippen molar-refractivity contribution >= 4 is 17.7 Å². The van der Waals surface area contributed by atoms with E-state index in [0.717, 1.165) is 6.42 Å². The zero-order valence-corrected chi connectivity index (χ0v) is 12.7. The molecule has 2 N–H and O–H groups in total. The van der Waals surface area contributed by atoms with Gasteiger partial charge in [0.2, 0.25) is 5.91 Å². The molecule has 1 aromatic heterocycles. The van der Waals surface area contributed by atoms with Gasteiger partial charge in [-0.3, -0.25) is 9.36 Å². The van der Waals surface area contributed by atoms with Gasteiger partial charge in [-0.15, -0.1) is 5.10 Å². The summed E-state index contributed by atoms with van der Waals surface area (Å²) in [5.74, 6) is 0.632. The van der Waals surface area contributed by atoms with Crippen molar-refractivity contribution in [2.75, 3.05) is 5.75 Å². The molecule has 0 aliphatic heterocycles. The summed E-state index contributed by atoms with van der Waals surface area (Å²) in [5.41, 5.74) is -0.222. The van der Waals surface area contributed by atoms with Crippen LogP contribution in [-0.4, -0.2) is 32.5 Å². The Morgan fingerprint density at radius 3 is 2.74 bits per heavy atom. The summed E-state index contributed by atoms with van der Waals surface area (Å²) in [4.78, 5) is 23.2. The van der Waals surface area contributed by atoms with Crippen molar-refractivity contribution in [3.63, 3.8) is 0 Å². The fourth-order valence-corrected chi connectivity index (χ4v) is 2.21. The van der Waals surface area contributed by atoms with Crippen LogP contribution in [0.5, 0.6) is 0 Å². The predicted molar refractivity (Wildman–Crippen MR) is 76.3 cm³/mol. The first-order valence-electron chi connectivity index (χ1n) is 6.53. The highest BCUT2D eigenvalue weighted by atomic mass is 32.2. The predicted octanol–water partition coefficient (Wildman–Crippen LogP) is 1.23. The Labute approximate surface area is 117 Å². The van der Waals surface area contributed by atoms with E-state index >= 15 is 0 Å². The summed E-state index contributed by atoms with van der Waals surface area (Å²) >= 11 is 1.28. The molecule has 108 valence electrons. The van der Waals surface area contributed by atoms with Crippen LogP contribution in [0, 0.1) is 5.92 Å². The zero-order valence-electron chi connectivity index (χ0n) is 11.9. The number of aromatic amines is 1. The van der Waals surface area contributed by atoms with E-state index in [1.807, 2.05) is 13.8 Å². The lowest BCUT2D eigenvalue weighted by molar-refractivity contribution is -0.119. The van der Waals surface area contributed by atoms with Crippen molar-refractivity contribution in [3.8, 4) is 0 Å². The van der Waals surface area contributed by atoms with Gasteiger partial charge in [-0.2, -0.15) is 0 Å². The van der Waals surface area contributed by atoms with Gasteiger partial charge in [-0.1, -0.05) is 32.5 Å². The molecule has 6 nitrogen and oxygen atoms in total. The maximum absolute atomic E-state index is 11.7. The van der Waals surface area contributed by atoms with E-state index in [0.29, 0.717) is 17.6 Å². The van der Waals surface area contributed by atoms with Gasteiger partial charge in [0, 0.05) is 12.6 Å². The molecule has 0 bridgehead atoms. The number of nitrogens with one attached hydrogen (secondary N) is 2. The molecule has 0 fully saturated rings. The van der Waals surface area contributed by atoms with Crippen LogP contribution in [-0.2, 0) is 11.3 Å². The van der Waals surface area contributed by atoms with Crippen LogP contribution >= 0.6 is 11.8 Å². The number of hydrogen-bond donors (Lipinski definition) is 2. The monoisotopic (exact) mass is 286 g/mol. The summed E-state index contributed by atoms with van der Waals surface area (Å²) in [6.45, 7) is 8.71. The van der Waals surface area contributed by atoms with Crippen LogP contribution in [0.1, 0.15) is 34.1 Å². The molecule has 1 rings (SSSR count). The van der Waals surface area contributed by atoms with Crippen molar-refractivity contribution in [2.45, 2.75) is 51.9 Å². The molecule has 0 aromatic carbocycles. The standard InChI is InChI=1S/C12H22N4O2S/c1-5-6-16-11(18)14-15-12(16)19-7-10(17)13-9(4)8(2)3/h8-9H,5-7H2,1-4H3,(H,13,17)(H,14,18). The van der Waals surface area contributed by atoms with Crippen LogP contribution in [0.15, 0.2) is 9.95 Å². The second kappa shape index (κ2) is 7.37. The van der Waals surface area contributed by atoms with E-state index in [9.17, 15) is 9.59 Å². The maximum Gasteiger partial charge on any atom is 0.343 e. The van der Waals surface area contributed by atoms with Gasteiger partial charge >= 0.3 is 5.69 Å². The molecular formula is C12H22N4O2S. The van der Waals surface area contributed by atoms with Crippen molar-refractivity contribution in [1.29, 1.82) is 0 Å². The number of aromatic nitrogens is 3.